The molecular formula is C15H18ClN3. The van der Waals surface area contributed by atoms with Gasteiger partial charge in [0.1, 0.15) is 0 Å². The van der Waals surface area contributed by atoms with Gasteiger partial charge in [-0.2, -0.15) is 0 Å². The number of aromatic nitrogens is 2. The van der Waals surface area contributed by atoms with Gasteiger partial charge in [0.15, 0.2) is 0 Å². The van der Waals surface area contributed by atoms with Crippen molar-refractivity contribution < 1.29 is 0 Å². The summed E-state index contributed by atoms with van der Waals surface area (Å²) in [6.07, 6.45) is 5.07. The molecule has 1 saturated heterocycles. The third-order valence-corrected chi connectivity index (χ3v) is 4.18. The minimum Gasteiger partial charge on any atom is -0.330 e. The van der Waals surface area contributed by atoms with Crippen molar-refractivity contribution in [3.8, 4) is 0 Å². The van der Waals surface area contributed by atoms with Crippen molar-refractivity contribution in [3.63, 3.8) is 0 Å². The molecule has 3 rings (SSSR count). The predicted octanol–water partition coefficient (Wildman–Crippen LogP) is 2.84. The van der Waals surface area contributed by atoms with Crippen LogP contribution in [0.15, 0.2) is 36.8 Å². The van der Waals surface area contributed by atoms with Gasteiger partial charge in [0.25, 0.3) is 0 Å². The smallest absolute Gasteiger partial charge is 0.0951 e. The Kier molecular flexibility index (Phi) is 3.33. The van der Waals surface area contributed by atoms with Gasteiger partial charge in [-0.15, -0.1) is 0 Å². The number of nitrogens with zero attached hydrogens (tertiary/aromatic N) is 2. The summed E-state index contributed by atoms with van der Waals surface area (Å²) in [6, 6.07) is 8.01. The molecule has 100 valence electrons. The zero-order valence-electron chi connectivity index (χ0n) is 11.1. The van der Waals surface area contributed by atoms with E-state index in [0.717, 1.165) is 31.1 Å². The Bertz CT molecular complexity index is 570. The number of nitrogens with one attached hydrogen (secondary N) is 1. The van der Waals surface area contributed by atoms with Gasteiger partial charge in [-0.25, -0.2) is 4.98 Å². The molecule has 4 heteroatoms. The summed E-state index contributed by atoms with van der Waals surface area (Å²) >= 11 is 6.04. The molecular weight excluding hydrogens is 258 g/mol. The molecule has 0 aliphatic carbocycles. The average Bonchev–Trinajstić information content (AvgIpc) is 2.99. The standard InChI is InChI=1S/C15H18ClN3/c1-15(5-6-17-10-15)14-8-18-11-19(14)9-12-3-2-4-13(16)7-12/h2-4,7-8,11,17H,5-6,9-10H2,1H3. The van der Waals surface area contributed by atoms with Crippen molar-refractivity contribution in [2.75, 3.05) is 13.1 Å². The number of hydrogen-bond acceptors (Lipinski definition) is 2. The first-order valence-corrected chi connectivity index (χ1v) is 7.01. The fraction of sp³-hybridized carbons (Fsp3) is 0.400. The molecule has 2 heterocycles. The van der Waals surface area contributed by atoms with E-state index in [1.807, 2.05) is 30.7 Å². The Labute approximate surface area is 118 Å². The first kappa shape index (κ1) is 12.7. The lowest BCUT2D eigenvalue weighted by atomic mass is 9.86. The highest BCUT2D eigenvalue weighted by atomic mass is 35.5. The Balaban J connectivity index is 1.88. The van der Waals surface area contributed by atoms with Crippen molar-refractivity contribution in [1.29, 1.82) is 0 Å². The summed E-state index contributed by atoms with van der Waals surface area (Å²) in [5, 5.41) is 4.22. The predicted molar refractivity (Wildman–Crippen MR) is 77.6 cm³/mol. The number of hydrogen-bond donors (Lipinski definition) is 1. The van der Waals surface area contributed by atoms with Crippen LogP contribution in [-0.4, -0.2) is 22.6 Å². The largest absolute Gasteiger partial charge is 0.330 e. The first-order chi connectivity index (χ1) is 9.17. The van der Waals surface area contributed by atoms with Gasteiger partial charge in [-0.05, 0) is 30.7 Å². The minimum absolute atomic E-state index is 0.190. The molecule has 2 aromatic rings. The van der Waals surface area contributed by atoms with Crippen molar-refractivity contribution in [2.45, 2.75) is 25.3 Å². The van der Waals surface area contributed by atoms with E-state index in [1.54, 1.807) is 0 Å². The molecule has 0 spiro atoms. The average molecular weight is 276 g/mol. The molecule has 1 aromatic carbocycles. The molecule has 1 aliphatic heterocycles. The van der Waals surface area contributed by atoms with E-state index in [9.17, 15) is 0 Å². The summed E-state index contributed by atoms with van der Waals surface area (Å²) in [7, 11) is 0. The Morgan fingerprint density at radius 2 is 2.37 bits per heavy atom. The van der Waals surface area contributed by atoms with Gasteiger partial charge in [0.05, 0.1) is 6.33 Å². The summed E-state index contributed by atoms with van der Waals surface area (Å²) in [5.41, 5.74) is 2.70. The van der Waals surface area contributed by atoms with Gasteiger partial charge in [-0.3, -0.25) is 0 Å². The zero-order valence-corrected chi connectivity index (χ0v) is 11.8. The molecule has 1 aromatic heterocycles. The normalized spacial score (nSPS) is 22.8. The number of imidazole rings is 1. The monoisotopic (exact) mass is 275 g/mol. The topological polar surface area (TPSA) is 29.9 Å². The van der Waals surface area contributed by atoms with Crippen LogP contribution in [0.5, 0.6) is 0 Å². The van der Waals surface area contributed by atoms with Crippen molar-refractivity contribution in [2.24, 2.45) is 0 Å². The van der Waals surface area contributed by atoms with E-state index in [2.05, 4.69) is 27.9 Å². The second-order valence-corrected chi connectivity index (χ2v) is 5.96. The summed E-state index contributed by atoms with van der Waals surface area (Å²) < 4.78 is 2.23. The molecule has 1 aliphatic rings. The second-order valence-electron chi connectivity index (χ2n) is 5.52. The molecule has 0 radical (unpaired) electrons. The van der Waals surface area contributed by atoms with Gasteiger partial charge >= 0.3 is 0 Å². The van der Waals surface area contributed by atoms with Crippen molar-refractivity contribution >= 4 is 11.6 Å². The molecule has 0 amide bonds. The molecule has 3 nitrogen and oxygen atoms in total. The third-order valence-electron chi connectivity index (χ3n) is 3.94. The second kappa shape index (κ2) is 4.99. The highest BCUT2D eigenvalue weighted by Crippen LogP contribution is 2.30. The van der Waals surface area contributed by atoms with E-state index in [0.29, 0.717) is 0 Å². The first-order valence-electron chi connectivity index (χ1n) is 6.63. The maximum Gasteiger partial charge on any atom is 0.0951 e. The summed E-state index contributed by atoms with van der Waals surface area (Å²) in [6.45, 7) is 5.23. The van der Waals surface area contributed by atoms with E-state index < -0.39 is 0 Å². The fourth-order valence-electron chi connectivity index (χ4n) is 2.82. The van der Waals surface area contributed by atoms with E-state index in [4.69, 9.17) is 11.6 Å². The van der Waals surface area contributed by atoms with Gasteiger partial charge in [0.2, 0.25) is 0 Å². The van der Waals surface area contributed by atoms with Crippen LogP contribution in [0.1, 0.15) is 24.6 Å². The minimum atomic E-state index is 0.190. The highest BCUT2D eigenvalue weighted by Gasteiger charge is 2.33. The van der Waals surface area contributed by atoms with Gasteiger partial charge in [0, 0.05) is 35.4 Å². The van der Waals surface area contributed by atoms with E-state index in [-0.39, 0.29) is 5.41 Å². The molecule has 1 N–H and O–H groups in total. The van der Waals surface area contributed by atoms with Crippen molar-refractivity contribution in [1.82, 2.24) is 14.9 Å². The SMILES string of the molecule is CC1(c2cncn2Cc2cccc(Cl)c2)CCNC1. The Morgan fingerprint density at radius 1 is 1.47 bits per heavy atom. The zero-order chi connectivity index (χ0) is 13.3. The maximum atomic E-state index is 6.04. The van der Waals surface area contributed by atoms with Crippen LogP contribution in [0.2, 0.25) is 5.02 Å². The van der Waals surface area contributed by atoms with Crippen LogP contribution in [-0.2, 0) is 12.0 Å². The van der Waals surface area contributed by atoms with Crippen molar-refractivity contribution in [3.05, 3.63) is 53.1 Å². The highest BCUT2D eigenvalue weighted by molar-refractivity contribution is 6.30. The number of benzene rings is 1. The van der Waals surface area contributed by atoms with Crippen LogP contribution in [0.3, 0.4) is 0 Å². The molecule has 19 heavy (non-hydrogen) atoms. The molecule has 1 fully saturated rings. The van der Waals surface area contributed by atoms with Crippen LogP contribution in [0, 0.1) is 0 Å². The lowest BCUT2D eigenvalue weighted by Crippen LogP contribution is -2.28. The van der Waals surface area contributed by atoms with Crippen LogP contribution in [0.25, 0.3) is 0 Å². The van der Waals surface area contributed by atoms with Crippen LogP contribution < -0.4 is 5.32 Å². The van der Waals surface area contributed by atoms with Crippen LogP contribution >= 0.6 is 11.6 Å². The Hall–Kier alpha value is -1.32. The lowest BCUT2D eigenvalue weighted by Gasteiger charge is -2.24. The van der Waals surface area contributed by atoms with Gasteiger partial charge < -0.3 is 9.88 Å². The molecule has 1 unspecified atom stereocenters. The lowest BCUT2D eigenvalue weighted by molar-refractivity contribution is 0.481. The van der Waals surface area contributed by atoms with E-state index >= 15 is 0 Å². The Morgan fingerprint density at radius 3 is 3.11 bits per heavy atom. The van der Waals surface area contributed by atoms with Gasteiger partial charge in [-0.1, -0.05) is 30.7 Å². The number of halogens is 1. The third kappa shape index (κ3) is 2.53. The molecule has 0 bridgehead atoms. The van der Waals surface area contributed by atoms with Crippen LogP contribution in [0.4, 0.5) is 0 Å². The maximum absolute atomic E-state index is 6.04. The summed E-state index contributed by atoms with van der Waals surface area (Å²) in [4.78, 5) is 4.33. The van der Waals surface area contributed by atoms with E-state index in [1.165, 1.54) is 11.3 Å². The summed E-state index contributed by atoms with van der Waals surface area (Å²) in [5.74, 6) is 0. The molecule has 0 saturated carbocycles. The number of rotatable bonds is 3. The fourth-order valence-corrected chi connectivity index (χ4v) is 3.03. The molecule has 1 atom stereocenters. The quantitative estimate of drug-likeness (QED) is 0.934.